The molecular weight excluding hydrogens is 348 g/mol. The number of fused-ring (bicyclic) bond motifs is 1. The summed E-state index contributed by atoms with van der Waals surface area (Å²) in [5.41, 5.74) is 3.10. The summed E-state index contributed by atoms with van der Waals surface area (Å²) < 4.78 is 5.28. The van der Waals surface area contributed by atoms with Gasteiger partial charge in [-0.3, -0.25) is 4.79 Å². The molecule has 0 bridgehead atoms. The molecule has 4 rings (SSSR count). The first-order valence-corrected chi connectivity index (χ1v) is 9.06. The van der Waals surface area contributed by atoms with Gasteiger partial charge < -0.3 is 4.74 Å². The first kappa shape index (κ1) is 17.7. The molecule has 0 aromatic heterocycles. The van der Waals surface area contributed by atoms with Crippen LogP contribution < -0.4 is 0 Å². The Labute approximate surface area is 163 Å². The number of esters is 1. The Bertz CT molecular complexity index is 1120. The molecule has 0 N–H and O–H groups in total. The van der Waals surface area contributed by atoms with Crippen LogP contribution in [0.2, 0.25) is 0 Å². The summed E-state index contributed by atoms with van der Waals surface area (Å²) in [5, 5.41) is 1.77. The Morgan fingerprint density at radius 2 is 1.29 bits per heavy atom. The Kier molecular flexibility index (Phi) is 4.98. The average molecular weight is 366 g/mol. The molecule has 0 fully saturated rings. The average Bonchev–Trinajstić information content (AvgIpc) is 2.77. The fourth-order valence-electron chi connectivity index (χ4n) is 3.17. The highest BCUT2D eigenvalue weighted by atomic mass is 16.5. The van der Waals surface area contributed by atoms with Gasteiger partial charge in [0.2, 0.25) is 0 Å². The van der Waals surface area contributed by atoms with Gasteiger partial charge in [0.05, 0.1) is 5.56 Å². The molecule has 28 heavy (non-hydrogen) atoms. The molecule has 136 valence electrons. The Hall–Kier alpha value is -3.72. The summed E-state index contributed by atoms with van der Waals surface area (Å²) in [6.07, 6.45) is 0. The first-order valence-electron chi connectivity index (χ1n) is 9.06. The van der Waals surface area contributed by atoms with E-state index in [2.05, 4.69) is 0 Å². The van der Waals surface area contributed by atoms with Gasteiger partial charge in [0.15, 0.2) is 12.4 Å². The van der Waals surface area contributed by atoms with Crippen molar-refractivity contribution in [3.05, 3.63) is 108 Å². The predicted octanol–water partition coefficient (Wildman–Crippen LogP) is 5.55. The van der Waals surface area contributed by atoms with Crippen molar-refractivity contribution in [2.24, 2.45) is 0 Å². The lowest BCUT2D eigenvalue weighted by Gasteiger charge is -2.08. The maximum Gasteiger partial charge on any atom is 0.339 e. The summed E-state index contributed by atoms with van der Waals surface area (Å²) in [6, 6.07) is 30.3. The predicted molar refractivity (Wildman–Crippen MR) is 110 cm³/mol. The van der Waals surface area contributed by atoms with Crippen molar-refractivity contribution in [2.75, 3.05) is 6.61 Å². The van der Waals surface area contributed by atoms with E-state index in [1.807, 2.05) is 78.9 Å². The zero-order valence-electron chi connectivity index (χ0n) is 15.2. The zero-order valence-corrected chi connectivity index (χ0v) is 15.2. The van der Waals surface area contributed by atoms with Crippen LogP contribution in [0.3, 0.4) is 0 Å². The molecule has 0 aliphatic carbocycles. The minimum atomic E-state index is -0.494. The van der Waals surface area contributed by atoms with E-state index in [0.717, 1.165) is 21.9 Å². The van der Waals surface area contributed by atoms with Gasteiger partial charge >= 0.3 is 5.97 Å². The molecule has 4 aromatic rings. The summed E-state index contributed by atoms with van der Waals surface area (Å²) in [6.45, 7) is -0.285. The van der Waals surface area contributed by atoms with Gasteiger partial charge in [0, 0.05) is 5.56 Å². The van der Waals surface area contributed by atoms with Crippen LogP contribution in [0.4, 0.5) is 0 Å². The van der Waals surface area contributed by atoms with E-state index in [0.29, 0.717) is 11.1 Å². The molecular formula is C25H18O3. The third-order valence-electron chi connectivity index (χ3n) is 4.66. The van der Waals surface area contributed by atoms with E-state index in [1.165, 1.54) is 0 Å². The molecule has 0 radical (unpaired) electrons. The molecule has 0 aliphatic heterocycles. The maximum atomic E-state index is 12.5. The second-order valence-electron chi connectivity index (χ2n) is 6.47. The highest BCUT2D eigenvalue weighted by Gasteiger charge is 2.14. The van der Waals surface area contributed by atoms with Crippen molar-refractivity contribution in [1.29, 1.82) is 0 Å². The lowest BCUT2D eigenvalue weighted by molar-refractivity contribution is 0.0476. The number of benzene rings is 4. The van der Waals surface area contributed by atoms with Crippen molar-refractivity contribution in [1.82, 2.24) is 0 Å². The van der Waals surface area contributed by atoms with Crippen LogP contribution in [0.15, 0.2) is 97.1 Å². The summed E-state index contributed by atoms with van der Waals surface area (Å²) in [5.74, 6) is -0.723. The van der Waals surface area contributed by atoms with Gasteiger partial charge in [-0.1, -0.05) is 91.0 Å². The number of Topliss-reactive ketones (excluding diaryl/α,β-unsaturated/α-hetero) is 1. The van der Waals surface area contributed by atoms with Gasteiger partial charge in [0.25, 0.3) is 0 Å². The van der Waals surface area contributed by atoms with Crippen molar-refractivity contribution in [2.45, 2.75) is 0 Å². The third kappa shape index (κ3) is 3.69. The molecule has 0 atom stereocenters. The SMILES string of the molecule is O=C(COC(=O)c1cccc2ccccc12)c1ccc(-c2ccccc2)cc1. The van der Waals surface area contributed by atoms with Crippen LogP contribution in [0.5, 0.6) is 0 Å². The van der Waals surface area contributed by atoms with Crippen LogP contribution in [0, 0.1) is 0 Å². The zero-order chi connectivity index (χ0) is 19.3. The summed E-state index contributed by atoms with van der Waals surface area (Å²) in [4.78, 5) is 24.9. The van der Waals surface area contributed by atoms with Crippen LogP contribution >= 0.6 is 0 Å². The van der Waals surface area contributed by atoms with E-state index in [1.54, 1.807) is 18.2 Å². The number of ether oxygens (including phenoxy) is 1. The standard InChI is InChI=1S/C25H18O3/c26-24(21-15-13-19(14-16-21)18-7-2-1-3-8-18)17-28-25(27)23-12-6-10-20-9-4-5-11-22(20)23/h1-16H,17H2. The van der Waals surface area contributed by atoms with Crippen molar-refractivity contribution < 1.29 is 14.3 Å². The molecule has 0 spiro atoms. The van der Waals surface area contributed by atoms with E-state index >= 15 is 0 Å². The van der Waals surface area contributed by atoms with Crippen molar-refractivity contribution >= 4 is 22.5 Å². The van der Waals surface area contributed by atoms with Crippen molar-refractivity contribution in [3.8, 4) is 11.1 Å². The lowest BCUT2D eigenvalue weighted by atomic mass is 10.0. The molecule has 4 aromatic carbocycles. The number of ketones is 1. The van der Waals surface area contributed by atoms with E-state index in [-0.39, 0.29) is 12.4 Å². The maximum absolute atomic E-state index is 12.5. The summed E-state index contributed by atoms with van der Waals surface area (Å²) in [7, 11) is 0. The van der Waals surface area contributed by atoms with Crippen LogP contribution in [0.25, 0.3) is 21.9 Å². The molecule has 0 saturated heterocycles. The van der Waals surface area contributed by atoms with Gasteiger partial charge in [-0.25, -0.2) is 4.79 Å². The normalized spacial score (nSPS) is 10.6. The second kappa shape index (κ2) is 7.89. The second-order valence-corrected chi connectivity index (χ2v) is 6.47. The minimum Gasteiger partial charge on any atom is -0.454 e. The molecule has 0 aliphatic rings. The van der Waals surface area contributed by atoms with Gasteiger partial charge in [-0.05, 0) is 28.0 Å². The van der Waals surface area contributed by atoms with Crippen LogP contribution in [0.1, 0.15) is 20.7 Å². The molecule has 0 saturated carbocycles. The molecule has 0 amide bonds. The van der Waals surface area contributed by atoms with Gasteiger partial charge in [0.1, 0.15) is 0 Å². The molecule has 0 heterocycles. The molecule has 0 unspecified atom stereocenters. The smallest absolute Gasteiger partial charge is 0.339 e. The Morgan fingerprint density at radius 1 is 0.643 bits per heavy atom. The first-order chi connectivity index (χ1) is 13.7. The number of carbonyl (C=O) groups excluding carboxylic acids is 2. The fraction of sp³-hybridized carbons (Fsp3) is 0.0400. The number of hydrogen-bond acceptors (Lipinski definition) is 3. The van der Waals surface area contributed by atoms with Crippen LogP contribution in [-0.2, 0) is 4.74 Å². The fourth-order valence-corrected chi connectivity index (χ4v) is 3.17. The summed E-state index contributed by atoms with van der Waals surface area (Å²) >= 11 is 0. The topological polar surface area (TPSA) is 43.4 Å². The minimum absolute atomic E-state index is 0.229. The Morgan fingerprint density at radius 3 is 2.07 bits per heavy atom. The van der Waals surface area contributed by atoms with Gasteiger partial charge in [-0.15, -0.1) is 0 Å². The van der Waals surface area contributed by atoms with E-state index < -0.39 is 5.97 Å². The molecule has 3 heteroatoms. The highest BCUT2D eigenvalue weighted by Crippen LogP contribution is 2.21. The highest BCUT2D eigenvalue weighted by molar-refractivity contribution is 6.06. The third-order valence-corrected chi connectivity index (χ3v) is 4.66. The lowest BCUT2D eigenvalue weighted by Crippen LogP contribution is -2.14. The quantitative estimate of drug-likeness (QED) is 0.344. The van der Waals surface area contributed by atoms with Crippen LogP contribution in [-0.4, -0.2) is 18.4 Å². The number of carbonyl (C=O) groups is 2. The number of rotatable bonds is 5. The van der Waals surface area contributed by atoms with Crippen molar-refractivity contribution in [3.63, 3.8) is 0 Å². The monoisotopic (exact) mass is 366 g/mol. The van der Waals surface area contributed by atoms with E-state index in [9.17, 15) is 9.59 Å². The number of hydrogen-bond donors (Lipinski definition) is 0. The molecule has 3 nitrogen and oxygen atoms in total. The Balaban J connectivity index is 1.44. The van der Waals surface area contributed by atoms with Gasteiger partial charge in [-0.2, -0.15) is 0 Å². The van der Waals surface area contributed by atoms with E-state index in [4.69, 9.17) is 4.74 Å². The largest absolute Gasteiger partial charge is 0.454 e.